The lowest BCUT2D eigenvalue weighted by Crippen LogP contribution is -2.40. The summed E-state index contributed by atoms with van der Waals surface area (Å²) in [4.78, 5) is 36.5. The van der Waals surface area contributed by atoms with E-state index in [0.29, 0.717) is 11.4 Å². The van der Waals surface area contributed by atoms with E-state index in [1.165, 1.54) is 7.11 Å². The van der Waals surface area contributed by atoms with Crippen molar-refractivity contribution >= 4 is 34.2 Å². The van der Waals surface area contributed by atoms with Crippen LogP contribution in [0.5, 0.6) is 0 Å². The Hall–Kier alpha value is -3.15. The van der Waals surface area contributed by atoms with Crippen molar-refractivity contribution < 1.29 is 19.1 Å². The molecule has 0 spiro atoms. The third-order valence-corrected chi connectivity index (χ3v) is 4.21. The normalized spacial score (nSPS) is 17.2. The van der Waals surface area contributed by atoms with Gasteiger partial charge in [-0.05, 0) is 29.8 Å². The smallest absolute Gasteiger partial charge is 0.336 e. The quantitative estimate of drug-likeness (QED) is 0.842. The van der Waals surface area contributed by atoms with Crippen molar-refractivity contribution in [2.75, 3.05) is 12.4 Å². The highest BCUT2D eigenvalue weighted by Gasteiger charge is 2.36. The summed E-state index contributed by atoms with van der Waals surface area (Å²) in [5.41, 5.74) is 1.14. The lowest BCUT2D eigenvalue weighted by Gasteiger charge is -2.25. The fraction of sp³-hybridized carbons (Fsp3) is 0.211. The minimum Gasteiger partial charge on any atom is -0.466 e. The fourth-order valence-corrected chi connectivity index (χ4v) is 3.00. The Balaban J connectivity index is 1.88. The standard InChI is InChI=1S/C19H18N2O4/c1-11-17(19(24)25-2)15(10-16(22)20-11)18(23)21-14-8-7-12-5-3-4-6-13(12)9-14/h3-9,15H,10H2,1-2H3,(H,20,22)(H,21,23)/t15-/m1/s1. The number of anilines is 1. The first-order valence-electron chi connectivity index (χ1n) is 7.88. The van der Waals surface area contributed by atoms with Gasteiger partial charge in [-0.15, -0.1) is 0 Å². The zero-order valence-electron chi connectivity index (χ0n) is 14.0. The fourth-order valence-electron chi connectivity index (χ4n) is 3.00. The average molecular weight is 338 g/mol. The number of allylic oxidation sites excluding steroid dienone is 1. The zero-order valence-corrected chi connectivity index (χ0v) is 14.0. The van der Waals surface area contributed by atoms with Gasteiger partial charge in [-0.25, -0.2) is 4.79 Å². The van der Waals surface area contributed by atoms with Gasteiger partial charge < -0.3 is 15.4 Å². The van der Waals surface area contributed by atoms with E-state index in [1.807, 2.05) is 36.4 Å². The van der Waals surface area contributed by atoms with Gasteiger partial charge >= 0.3 is 5.97 Å². The summed E-state index contributed by atoms with van der Waals surface area (Å²) in [6.45, 7) is 1.58. The molecule has 2 aromatic carbocycles. The van der Waals surface area contributed by atoms with E-state index >= 15 is 0 Å². The molecule has 0 unspecified atom stereocenters. The molecule has 2 N–H and O–H groups in total. The largest absolute Gasteiger partial charge is 0.466 e. The lowest BCUT2D eigenvalue weighted by molar-refractivity contribution is -0.139. The molecule has 0 saturated heterocycles. The molecule has 2 amide bonds. The van der Waals surface area contributed by atoms with Crippen LogP contribution in [0, 0.1) is 5.92 Å². The van der Waals surface area contributed by atoms with Crippen LogP contribution in [0.15, 0.2) is 53.7 Å². The van der Waals surface area contributed by atoms with Crippen LogP contribution in [0.4, 0.5) is 5.69 Å². The maximum absolute atomic E-state index is 12.7. The number of hydrogen-bond donors (Lipinski definition) is 2. The minimum atomic E-state index is -0.882. The number of carbonyl (C=O) groups excluding carboxylic acids is 3. The lowest BCUT2D eigenvalue weighted by atomic mass is 9.89. The summed E-state index contributed by atoms with van der Waals surface area (Å²) >= 11 is 0. The Morgan fingerprint density at radius 2 is 1.88 bits per heavy atom. The summed E-state index contributed by atoms with van der Waals surface area (Å²) < 4.78 is 4.76. The van der Waals surface area contributed by atoms with Gasteiger partial charge in [0.05, 0.1) is 18.6 Å². The first kappa shape index (κ1) is 16.7. The van der Waals surface area contributed by atoms with Crippen molar-refractivity contribution in [3.05, 3.63) is 53.7 Å². The molecular weight excluding hydrogens is 320 g/mol. The van der Waals surface area contributed by atoms with E-state index < -0.39 is 17.8 Å². The van der Waals surface area contributed by atoms with E-state index in [0.717, 1.165) is 10.8 Å². The molecule has 25 heavy (non-hydrogen) atoms. The monoisotopic (exact) mass is 338 g/mol. The number of fused-ring (bicyclic) bond motifs is 1. The Morgan fingerprint density at radius 1 is 1.16 bits per heavy atom. The van der Waals surface area contributed by atoms with Crippen LogP contribution in [0.3, 0.4) is 0 Å². The predicted molar refractivity (Wildman–Crippen MR) is 93.5 cm³/mol. The van der Waals surface area contributed by atoms with E-state index in [4.69, 9.17) is 4.74 Å². The van der Waals surface area contributed by atoms with Crippen molar-refractivity contribution in [3.8, 4) is 0 Å². The van der Waals surface area contributed by atoms with Crippen LogP contribution in [-0.2, 0) is 19.1 Å². The van der Waals surface area contributed by atoms with Gasteiger partial charge in [0.15, 0.2) is 0 Å². The maximum atomic E-state index is 12.7. The highest BCUT2D eigenvalue weighted by molar-refractivity contribution is 6.06. The van der Waals surface area contributed by atoms with Crippen LogP contribution in [-0.4, -0.2) is 24.9 Å². The SMILES string of the molecule is COC(=O)C1=C(C)NC(=O)C[C@H]1C(=O)Nc1ccc2ccccc2c1. The molecule has 0 aliphatic carbocycles. The summed E-state index contributed by atoms with van der Waals surface area (Å²) in [7, 11) is 1.25. The summed E-state index contributed by atoms with van der Waals surface area (Å²) in [5, 5.41) is 7.42. The van der Waals surface area contributed by atoms with Crippen molar-refractivity contribution in [1.29, 1.82) is 0 Å². The molecule has 1 aliphatic heterocycles. The zero-order chi connectivity index (χ0) is 18.0. The number of methoxy groups -OCH3 is 1. The molecular formula is C19H18N2O4. The van der Waals surface area contributed by atoms with Crippen LogP contribution in [0.2, 0.25) is 0 Å². The Kier molecular flexibility index (Phi) is 4.52. The number of hydrogen-bond acceptors (Lipinski definition) is 4. The Labute approximate surface area is 144 Å². The second-order valence-corrected chi connectivity index (χ2v) is 5.89. The molecule has 3 rings (SSSR count). The second kappa shape index (κ2) is 6.76. The van der Waals surface area contributed by atoms with Crippen molar-refractivity contribution in [3.63, 3.8) is 0 Å². The van der Waals surface area contributed by atoms with Crippen molar-refractivity contribution in [2.24, 2.45) is 5.92 Å². The van der Waals surface area contributed by atoms with E-state index in [9.17, 15) is 14.4 Å². The molecule has 0 aromatic heterocycles. The Bertz CT molecular complexity index is 901. The number of carbonyl (C=O) groups is 3. The van der Waals surface area contributed by atoms with Crippen molar-refractivity contribution in [2.45, 2.75) is 13.3 Å². The van der Waals surface area contributed by atoms with Gasteiger partial charge in [-0.1, -0.05) is 30.3 Å². The van der Waals surface area contributed by atoms with Gasteiger partial charge in [-0.3, -0.25) is 9.59 Å². The van der Waals surface area contributed by atoms with Gasteiger partial charge in [0.25, 0.3) is 0 Å². The molecule has 1 heterocycles. The average Bonchev–Trinajstić information content (AvgIpc) is 2.60. The highest BCUT2D eigenvalue weighted by Crippen LogP contribution is 2.26. The molecule has 1 aliphatic rings. The van der Waals surface area contributed by atoms with Crippen LogP contribution in [0.1, 0.15) is 13.3 Å². The van der Waals surface area contributed by atoms with Crippen LogP contribution in [0.25, 0.3) is 10.8 Å². The summed E-state index contributed by atoms with van der Waals surface area (Å²) in [5.74, 6) is -2.21. The van der Waals surface area contributed by atoms with E-state index in [2.05, 4.69) is 10.6 Å². The summed E-state index contributed by atoms with van der Waals surface area (Å²) in [6, 6.07) is 13.3. The topological polar surface area (TPSA) is 84.5 Å². The molecule has 0 radical (unpaired) electrons. The molecule has 2 aromatic rings. The number of nitrogens with one attached hydrogen (secondary N) is 2. The third-order valence-electron chi connectivity index (χ3n) is 4.21. The third kappa shape index (κ3) is 3.38. The molecule has 0 fully saturated rings. The highest BCUT2D eigenvalue weighted by atomic mass is 16.5. The first-order valence-corrected chi connectivity index (χ1v) is 7.88. The number of esters is 1. The molecule has 1 atom stereocenters. The first-order chi connectivity index (χ1) is 12.0. The maximum Gasteiger partial charge on any atom is 0.336 e. The van der Waals surface area contributed by atoms with Gasteiger partial charge in [-0.2, -0.15) is 0 Å². The molecule has 6 nitrogen and oxygen atoms in total. The van der Waals surface area contributed by atoms with E-state index in [1.54, 1.807) is 13.0 Å². The number of benzene rings is 2. The van der Waals surface area contributed by atoms with Crippen LogP contribution < -0.4 is 10.6 Å². The molecule has 128 valence electrons. The molecule has 0 saturated carbocycles. The predicted octanol–water partition coefficient (Wildman–Crippen LogP) is 2.36. The summed E-state index contributed by atoms with van der Waals surface area (Å²) in [6.07, 6.45) is -0.0960. The molecule has 0 bridgehead atoms. The van der Waals surface area contributed by atoms with Crippen LogP contribution >= 0.6 is 0 Å². The van der Waals surface area contributed by atoms with Crippen molar-refractivity contribution in [1.82, 2.24) is 5.32 Å². The van der Waals surface area contributed by atoms with Gasteiger partial charge in [0.2, 0.25) is 11.8 Å². The number of amides is 2. The number of ether oxygens (including phenoxy) is 1. The van der Waals surface area contributed by atoms with Gasteiger partial charge in [0.1, 0.15) is 0 Å². The van der Waals surface area contributed by atoms with E-state index in [-0.39, 0.29) is 17.9 Å². The minimum absolute atomic E-state index is 0.0960. The molecule has 6 heteroatoms. The second-order valence-electron chi connectivity index (χ2n) is 5.89. The number of rotatable bonds is 3. The Morgan fingerprint density at radius 3 is 2.60 bits per heavy atom. The van der Waals surface area contributed by atoms with Gasteiger partial charge in [0, 0.05) is 17.8 Å².